The van der Waals surface area contributed by atoms with Crippen LogP contribution >= 0.6 is 0 Å². The van der Waals surface area contributed by atoms with Crippen molar-refractivity contribution in [3.05, 3.63) is 35.4 Å². The van der Waals surface area contributed by atoms with Crippen molar-refractivity contribution < 1.29 is 9.53 Å². The highest BCUT2D eigenvalue weighted by Crippen LogP contribution is 2.36. The molecule has 1 aromatic rings. The van der Waals surface area contributed by atoms with E-state index in [4.69, 9.17) is 4.74 Å². The van der Waals surface area contributed by atoms with Crippen molar-refractivity contribution >= 4 is 5.91 Å². The van der Waals surface area contributed by atoms with Crippen molar-refractivity contribution in [2.75, 3.05) is 20.3 Å². The number of nitrogens with zero attached hydrogens (tertiary/aromatic N) is 1. The van der Waals surface area contributed by atoms with Crippen molar-refractivity contribution in [2.45, 2.75) is 44.3 Å². The molecule has 1 N–H and O–H groups in total. The average molecular weight is 288 g/mol. The molecule has 3 rings (SSSR count). The minimum atomic E-state index is -0.538. The van der Waals surface area contributed by atoms with E-state index in [-0.39, 0.29) is 11.9 Å². The summed E-state index contributed by atoms with van der Waals surface area (Å²) in [5.74, 6) is 0.188. The number of carbonyl (C=O) groups excluding carboxylic acids is 1. The fourth-order valence-corrected chi connectivity index (χ4v) is 3.68. The molecule has 4 heteroatoms. The first-order valence-electron chi connectivity index (χ1n) is 7.81. The van der Waals surface area contributed by atoms with Crippen LogP contribution in [0.2, 0.25) is 0 Å². The second-order valence-corrected chi connectivity index (χ2v) is 6.21. The minimum Gasteiger partial charge on any atom is -0.382 e. The van der Waals surface area contributed by atoms with Crippen LogP contribution in [0.15, 0.2) is 24.3 Å². The van der Waals surface area contributed by atoms with Gasteiger partial charge in [-0.3, -0.25) is 4.79 Å². The topological polar surface area (TPSA) is 41.6 Å². The summed E-state index contributed by atoms with van der Waals surface area (Å²) in [4.78, 5) is 15.2. The average Bonchev–Trinajstić information content (AvgIpc) is 2.85. The summed E-state index contributed by atoms with van der Waals surface area (Å²) < 4.78 is 5.37. The van der Waals surface area contributed by atoms with Crippen LogP contribution in [0.3, 0.4) is 0 Å². The van der Waals surface area contributed by atoms with Gasteiger partial charge in [0.15, 0.2) is 0 Å². The van der Waals surface area contributed by atoms with Gasteiger partial charge in [-0.15, -0.1) is 0 Å². The fraction of sp³-hybridized carbons (Fsp3) is 0.588. The maximum Gasteiger partial charge on any atom is 0.246 e. The van der Waals surface area contributed by atoms with Crippen LogP contribution in [-0.2, 0) is 16.1 Å². The number of ether oxygens (including phenoxy) is 1. The molecule has 0 aliphatic carbocycles. The molecule has 1 amide bonds. The Kier molecular flexibility index (Phi) is 4.00. The molecule has 2 aliphatic heterocycles. The molecule has 1 unspecified atom stereocenters. The maximum atomic E-state index is 13.2. The Morgan fingerprint density at radius 2 is 2.24 bits per heavy atom. The molecule has 0 bridgehead atoms. The number of rotatable bonds is 3. The van der Waals surface area contributed by atoms with E-state index < -0.39 is 5.54 Å². The van der Waals surface area contributed by atoms with Gasteiger partial charge in [-0.2, -0.15) is 0 Å². The SMILES string of the molecule is COCC1(C(=O)N2Cc3ccccc3[C@@H]2C)CCCCN1. The summed E-state index contributed by atoms with van der Waals surface area (Å²) in [6.07, 6.45) is 3.07. The first-order valence-corrected chi connectivity index (χ1v) is 7.81. The number of hydrogen-bond donors (Lipinski definition) is 1. The van der Waals surface area contributed by atoms with Crippen LogP contribution in [0.25, 0.3) is 0 Å². The molecule has 4 nitrogen and oxygen atoms in total. The molecule has 2 heterocycles. The summed E-state index contributed by atoms with van der Waals surface area (Å²) >= 11 is 0. The lowest BCUT2D eigenvalue weighted by atomic mass is 9.88. The fourth-order valence-electron chi connectivity index (χ4n) is 3.68. The number of benzene rings is 1. The molecule has 2 aliphatic rings. The van der Waals surface area contributed by atoms with E-state index in [0.29, 0.717) is 13.2 Å². The van der Waals surface area contributed by atoms with Gasteiger partial charge >= 0.3 is 0 Å². The second kappa shape index (κ2) is 5.78. The van der Waals surface area contributed by atoms with Crippen LogP contribution in [0.5, 0.6) is 0 Å². The Bertz CT molecular complexity index is 518. The Morgan fingerprint density at radius 1 is 1.43 bits per heavy atom. The zero-order valence-electron chi connectivity index (χ0n) is 12.9. The molecular weight excluding hydrogens is 264 g/mol. The molecule has 0 aromatic heterocycles. The van der Waals surface area contributed by atoms with Gasteiger partial charge < -0.3 is 15.0 Å². The standard InChI is InChI=1S/C17H24N2O2/c1-13-15-8-4-3-7-14(15)11-19(13)16(20)17(12-21-2)9-5-6-10-18-17/h3-4,7-8,13,18H,5-6,9-12H2,1-2H3/t13-,17?/m0/s1. The third-order valence-corrected chi connectivity index (χ3v) is 4.87. The predicted molar refractivity (Wildman–Crippen MR) is 81.9 cm³/mol. The monoisotopic (exact) mass is 288 g/mol. The number of hydrogen-bond acceptors (Lipinski definition) is 3. The van der Waals surface area contributed by atoms with E-state index in [1.165, 1.54) is 11.1 Å². The highest BCUT2D eigenvalue weighted by atomic mass is 16.5. The number of carbonyl (C=O) groups is 1. The molecule has 0 saturated carbocycles. The number of amides is 1. The van der Waals surface area contributed by atoms with Crippen LogP contribution in [0.1, 0.15) is 43.4 Å². The summed E-state index contributed by atoms with van der Waals surface area (Å²) in [5, 5.41) is 3.44. The van der Waals surface area contributed by atoms with Crippen molar-refractivity contribution in [3.63, 3.8) is 0 Å². The quantitative estimate of drug-likeness (QED) is 0.927. The van der Waals surface area contributed by atoms with Gasteiger partial charge in [-0.05, 0) is 43.9 Å². The molecule has 0 radical (unpaired) electrons. The van der Waals surface area contributed by atoms with Gasteiger partial charge in [0.1, 0.15) is 5.54 Å². The molecule has 0 spiro atoms. The molecule has 21 heavy (non-hydrogen) atoms. The lowest BCUT2D eigenvalue weighted by Crippen LogP contribution is -2.62. The zero-order chi connectivity index (χ0) is 14.9. The highest BCUT2D eigenvalue weighted by molar-refractivity contribution is 5.87. The summed E-state index contributed by atoms with van der Waals surface area (Å²) in [6.45, 7) is 4.17. The molecule has 1 aromatic carbocycles. The zero-order valence-corrected chi connectivity index (χ0v) is 12.9. The Morgan fingerprint density at radius 3 is 2.90 bits per heavy atom. The second-order valence-electron chi connectivity index (χ2n) is 6.21. The third-order valence-electron chi connectivity index (χ3n) is 4.87. The third kappa shape index (κ3) is 2.47. The van der Waals surface area contributed by atoms with Gasteiger partial charge in [0, 0.05) is 13.7 Å². The number of nitrogens with one attached hydrogen (secondary N) is 1. The van der Waals surface area contributed by atoms with Gasteiger partial charge in [-0.1, -0.05) is 24.3 Å². The van der Waals surface area contributed by atoms with Crippen LogP contribution in [0, 0.1) is 0 Å². The van der Waals surface area contributed by atoms with Crippen molar-refractivity contribution in [1.82, 2.24) is 10.2 Å². The van der Waals surface area contributed by atoms with E-state index >= 15 is 0 Å². The van der Waals surface area contributed by atoms with Crippen molar-refractivity contribution in [1.29, 1.82) is 0 Å². The minimum absolute atomic E-state index is 0.145. The summed E-state index contributed by atoms with van der Waals surface area (Å²) in [7, 11) is 1.67. The van der Waals surface area contributed by atoms with Crippen LogP contribution < -0.4 is 5.32 Å². The molecule has 1 saturated heterocycles. The predicted octanol–water partition coefficient (Wildman–Crippen LogP) is 2.25. The number of piperidine rings is 1. The molecule has 1 fully saturated rings. The molecule has 2 atom stereocenters. The normalized spacial score (nSPS) is 28.5. The molecule has 114 valence electrons. The van der Waals surface area contributed by atoms with Crippen molar-refractivity contribution in [3.8, 4) is 0 Å². The largest absolute Gasteiger partial charge is 0.382 e. The van der Waals surface area contributed by atoms with E-state index in [1.54, 1.807) is 7.11 Å². The number of methoxy groups -OCH3 is 1. The molecular formula is C17H24N2O2. The lowest BCUT2D eigenvalue weighted by Gasteiger charge is -2.40. The number of fused-ring (bicyclic) bond motifs is 1. The first kappa shape index (κ1) is 14.5. The van der Waals surface area contributed by atoms with E-state index in [2.05, 4.69) is 24.4 Å². The highest BCUT2D eigenvalue weighted by Gasteiger charge is 2.45. The summed E-state index contributed by atoms with van der Waals surface area (Å²) in [6, 6.07) is 8.49. The smallest absolute Gasteiger partial charge is 0.246 e. The summed E-state index contributed by atoms with van der Waals surface area (Å²) in [5.41, 5.74) is 2.00. The van der Waals surface area contributed by atoms with Gasteiger partial charge in [0.25, 0.3) is 0 Å². The lowest BCUT2D eigenvalue weighted by molar-refractivity contribution is -0.144. The first-order chi connectivity index (χ1) is 10.2. The Hall–Kier alpha value is -1.39. The van der Waals surface area contributed by atoms with Crippen molar-refractivity contribution in [2.24, 2.45) is 0 Å². The van der Waals surface area contributed by atoms with Gasteiger partial charge in [0.2, 0.25) is 5.91 Å². The van der Waals surface area contributed by atoms with Crippen LogP contribution in [0.4, 0.5) is 0 Å². The van der Waals surface area contributed by atoms with Gasteiger partial charge in [0.05, 0.1) is 12.6 Å². The Balaban J connectivity index is 1.85. The van der Waals surface area contributed by atoms with E-state index in [0.717, 1.165) is 25.8 Å². The maximum absolute atomic E-state index is 13.2. The van der Waals surface area contributed by atoms with E-state index in [1.807, 2.05) is 17.0 Å². The van der Waals surface area contributed by atoms with Crippen LogP contribution in [-0.4, -0.2) is 36.6 Å². The van der Waals surface area contributed by atoms with E-state index in [9.17, 15) is 4.79 Å². The van der Waals surface area contributed by atoms with Gasteiger partial charge in [-0.25, -0.2) is 0 Å². The Labute approximate surface area is 126 Å².